The Hall–Kier alpha value is -3.04. The molecule has 0 aliphatic carbocycles. The van der Waals surface area contributed by atoms with E-state index in [4.69, 9.17) is 16.3 Å². The van der Waals surface area contributed by atoms with Gasteiger partial charge in [-0.15, -0.1) is 0 Å². The largest absolute Gasteiger partial charge is 0.465 e. The Bertz CT molecular complexity index is 1110. The number of carbonyl (C=O) groups excluding carboxylic acids is 4. The summed E-state index contributed by atoms with van der Waals surface area (Å²) in [7, 11) is 1.27. The molecule has 3 rings (SSSR count). The number of carbonyl (C=O) groups is 4. The lowest BCUT2D eigenvalue weighted by Gasteiger charge is -2.13. The number of thioether (sulfide) groups is 1. The molecule has 0 bridgehead atoms. The number of amides is 3. The molecule has 2 heterocycles. The highest BCUT2D eigenvalue weighted by Crippen LogP contribution is 2.33. The summed E-state index contributed by atoms with van der Waals surface area (Å²) < 4.78 is 4.74. The summed E-state index contributed by atoms with van der Waals surface area (Å²) in [5, 5.41) is 2.72. The lowest BCUT2D eigenvalue weighted by molar-refractivity contribution is -0.122. The zero-order chi connectivity index (χ0) is 22.7. The number of rotatable bonds is 6. The van der Waals surface area contributed by atoms with Crippen LogP contribution in [0.4, 0.5) is 4.79 Å². The van der Waals surface area contributed by atoms with Crippen molar-refractivity contribution < 1.29 is 23.9 Å². The third kappa shape index (κ3) is 4.67. The molecule has 1 saturated heterocycles. The Kier molecular flexibility index (Phi) is 6.87. The van der Waals surface area contributed by atoms with Crippen LogP contribution in [-0.2, 0) is 9.53 Å². The Morgan fingerprint density at radius 1 is 1.26 bits per heavy atom. The Morgan fingerprint density at radius 2 is 1.97 bits per heavy atom. The van der Waals surface area contributed by atoms with Crippen molar-refractivity contribution in [2.24, 2.45) is 0 Å². The van der Waals surface area contributed by atoms with Gasteiger partial charge < -0.3 is 15.0 Å². The monoisotopic (exact) mass is 461 g/mol. The number of esters is 1. The third-order valence-corrected chi connectivity index (χ3v) is 5.99. The van der Waals surface area contributed by atoms with Crippen LogP contribution in [0.15, 0.2) is 29.2 Å². The number of aromatic nitrogens is 1. The number of aromatic amines is 1. The predicted molar refractivity (Wildman–Crippen MR) is 118 cm³/mol. The van der Waals surface area contributed by atoms with E-state index in [1.54, 1.807) is 44.2 Å². The van der Waals surface area contributed by atoms with Gasteiger partial charge in [-0.25, -0.2) is 4.79 Å². The molecular weight excluding hydrogens is 442 g/mol. The maximum Gasteiger partial charge on any atom is 0.339 e. The van der Waals surface area contributed by atoms with E-state index in [0.717, 1.165) is 16.7 Å². The first-order valence-electron chi connectivity index (χ1n) is 9.30. The standard InChI is InChI=1S/C21H20ClN3O5S/c1-11-16(20(28)30-3)12(2)24-17(11)18(26)23-8-9-25-19(27)15(31-21(25)29)10-13-6-4-5-7-14(13)22/h4-7,10,24H,8-9H2,1-3H3,(H,23,26)/b15-10-. The summed E-state index contributed by atoms with van der Waals surface area (Å²) in [6.45, 7) is 3.38. The van der Waals surface area contributed by atoms with E-state index in [9.17, 15) is 19.2 Å². The van der Waals surface area contributed by atoms with Crippen LogP contribution in [0.25, 0.3) is 6.08 Å². The fourth-order valence-electron chi connectivity index (χ4n) is 3.18. The molecule has 1 aromatic heterocycles. The van der Waals surface area contributed by atoms with E-state index in [2.05, 4.69) is 10.3 Å². The highest BCUT2D eigenvalue weighted by atomic mass is 35.5. The average Bonchev–Trinajstić information content (AvgIpc) is 3.18. The maximum atomic E-state index is 12.6. The van der Waals surface area contributed by atoms with E-state index < -0.39 is 23.0 Å². The van der Waals surface area contributed by atoms with Gasteiger partial charge in [0.1, 0.15) is 5.69 Å². The number of aryl methyl sites for hydroxylation is 1. The van der Waals surface area contributed by atoms with E-state index in [1.165, 1.54) is 7.11 Å². The lowest BCUT2D eigenvalue weighted by Crippen LogP contribution is -2.37. The molecule has 0 radical (unpaired) electrons. The highest BCUT2D eigenvalue weighted by Gasteiger charge is 2.35. The number of ether oxygens (including phenoxy) is 1. The number of hydrogen-bond donors (Lipinski definition) is 2. The highest BCUT2D eigenvalue weighted by molar-refractivity contribution is 8.18. The van der Waals surface area contributed by atoms with Gasteiger partial charge in [0.05, 0.1) is 17.6 Å². The molecule has 3 amide bonds. The minimum absolute atomic E-state index is 0.0128. The molecular formula is C21H20ClN3O5S. The smallest absolute Gasteiger partial charge is 0.339 e. The van der Waals surface area contributed by atoms with Crippen LogP contribution < -0.4 is 5.32 Å². The Morgan fingerprint density at radius 3 is 2.65 bits per heavy atom. The van der Waals surface area contributed by atoms with Crippen LogP contribution in [0.5, 0.6) is 0 Å². The molecule has 31 heavy (non-hydrogen) atoms. The van der Waals surface area contributed by atoms with Crippen molar-refractivity contribution in [3.8, 4) is 0 Å². The number of benzene rings is 1. The van der Waals surface area contributed by atoms with Crippen LogP contribution in [0.1, 0.15) is 37.7 Å². The second kappa shape index (κ2) is 9.40. The topological polar surface area (TPSA) is 109 Å². The van der Waals surface area contributed by atoms with Gasteiger partial charge >= 0.3 is 5.97 Å². The van der Waals surface area contributed by atoms with E-state index in [1.807, 2.05) is 0 Å². The van der Waals surface area contributed by atoms with Crippen molar-refractivity contribution in [2.75, 3.05) is 20.2 Å². The van der Waals surface area contributed by atoms with Crippen LogP contribution in [-0.4, -0.2) is 53.1 Å². The quantitative estimate of drug-likeness (QED) is 0.503. The maximum absolute atomic E-state index is 12.6. The molecule has 1 fully saturated rings. The van der Waals surface area contributed by atoms with Crippen LogP contribution >= 0.6 is 23.4 Å². The first-order chi connectivity index (χ1) is 14.7. The number of methoxy groups -OCH3 is 1. The second-order valence-electron chi connectivity index (χ2n) is 6.73. The van der Waals surface area contributed by atoms with Crippen molar-refractivity contribution in [3.63, 3.8) is 0 Å². The molecule has 1 aliphatic rings. The lowest BCUT2D eigenvalue weighted by atomic mass is 10.1. The summed E-state index contributed by atoms with van der Waals surface area (Å²) >= 11 is 6.93. The van der Waals surface area contributed by atoms with Gasteiger partial charge in [0.25, 0.3) is 17.1 Å². The van der Waals surface area contributed by atoms with Crippen LogP contribution in [0, 0.1) is 13.8 Å². The van der Waals surface area contributed by atoms with Gasteiger partial charge in [0.15, 0.2) is 0 Å². The summed E-state index contributed by atoms with van der Waals surface area (Å²) in [5.74, 6) is -1.42. The van der Waals surface area contributed by atoms with Crippen molar-refractivity contribution in [3.05, 3.63) is 62.3 Å². The molecule has 2 N–H and O–H groups in total. The Balaban J connectivity index is 1.64. The number of imide groups is 1. The fraction of sp³-hybridized carbons (Fsp3) is 0.238. The average molecular weight is 462 g/mol. The summed E-state index contributed by atoms with van der Waals surface area (Å²) in [6, 6.07) is 7.01. The van der Waals surface area contributed by atoms with E-state index in [-0.39, 0.29) is 23.7 Å². The zero-order valence-corrected chi connectivity index (χ0v) is 18.6. The first-order valence-corrected chi connectivity index (χ1v) is 10.5. The normalized spacial score (nSPS) is 15.0. The molecule has 1 aliphatic heterocycles. The summed E-state index contributed by atoms with van der Waals surface area (Å²) in [4.78, 5) is 53.4. The van der Waals surface area contributed by atoms with Crippen LogP contribution in [0.3, 0.4) is 0 Å². The van der Waals surface area contributed by atoms with Gasteiger partial charge in [-0.3, -0.25) is 19.3 Å². The number of hydrogen-bond acceptors (Lipinski definition) is 6. The first kappa shape index (κ1) is 22.6. The molecule has 1 aromatic carbocycles. The molecule has 10 heteroatoms. The summed E-state index contributed by atoms with van der Waals surface area (Å²) in [5.41, 5.74) is 2.16. The third-order valence-electron chi connectivity index (χ3n) is 4.74. The summed E-state index contributed by atoms with van der Waals surface area (Å²) in [6.07, 6.45) is 1.57. The number of H-pyrrole nitrogens is 1. The molecule has 2 aromatic rings. The number of nitrogens with zero attached hydrogens (tertiary/aromatic N) is 1. The van der Waals surface area contributed by atoms with E-state index in [0.29, 0.717) is 27.4 Å². The number of halogens is 1. The van der Waals surface area contributed by atoms with Gasteiger partial charge in [-0.1, -0.05) is 29.8 Å². The van der Waals surface area contributed by atoms with Crippen LogP contribution in [0.2, 0.25) is 5.02 Å². The fourth-order valence-corrected chi connectivity index (χ4v) is 4.23. The molecule has 162 valence electrons. The van der Waals surface area contributed by atoms with Gasteiger partial charge in [-0.05, 0) is 48.9 Å². The van der Waals surface area contributed by atoms with Crippen molar-refractivity contribution in [1.82, 2.24) is 15.2 Å². The van der Waals surface area contributed by atoms with Crippen molar-refractivity contribution in [1.29, 1.82) is 0 Å². The van der Waals surface area contributed by atoms with Gasteiger partial charge in [0, 0.05) is 23.8 Å². The minimum atomic E-state index is -0.534. The SMILES string of the molecule is COC(=O)c1c(C)[nH]c(C(=O)NCCN2C(=O)S/C(=C\c3ccccc3Cl)C2=O)c1C. The zero-order valence-electron chi connectivity index (χ0n) is 17.1. The van der Waals surface area contributed by atoms with Gasteiger partial charge in [0.2, 0.25) is 0 Å². The second-order valence-corrected chi connectivity index (χ2v) is 8.13. The molecule has 0 unspecified atom stereocenters. The Labute approximate surface area is 188 Å². The minimum Gasteiger partial charge on any atom is -0.465 e. The van der Waals surface area contributed by atoms with E-state index >= 15 is 0 Å². The molecule has 0 saturated carbocycles. The molecule has 0 atom stereocenters. The van der Waals surface area contributed by atoms with Crippen molar-refractivity contribution in [2.45, 2.75) is 13.8 Å². The molecule has 8 nitrogen and oxygen atoms in total. The van der Waals surface area contributed by atoms with Crippen molar-refractivity contribution >= 4 is 52.5 Å². The predicted octanol–water partition coefficient (Wildman–Crippen LogP) is 3.54. The number of nitrogens with one attached hydrogen (secondary N) is 2. The van der Waals surface area contributed by atoms with Gasteiger partial charge in [-0.2, -0.15) is 0 Å². The molecule has 0 spiro atoms.